The maximum Gasteiger partial charge on any atom is 0.259 e. The first-order chi connectivity index (χ1) is 13.5. The largest absolute Gasteiger partial charge is 0.507 e. The number of hydrogen-bond acceptors (Lipinski definition) is 4. The van der Waals surface area contributed by atoms with Crippen LogP contribution in [0.15, 0.2) is 65.6 Å². The average molecular weight is 396 g/mol. The monoisotopic (exact) mass is 396 g/mol. The zero-order valence-electron chi connectivity index (χ0n) is 15.1. The molecule has 0 bridgehead atoms. The topological polar surface area (TPSA) is 86.7 Å². The van der Waals surface area contributed by atoms with Gasteiger partial charge in [-0.15, -0.1) is 0 Å². The molecule has 144 valence electrons. The van der Waals surface area contributed by atoms with Crippen LogP contribution in [0.1, 0.15) is 23.2 Å². The Morgan fingerprint density at radius 1 is 0.964 bits per heavy atom. The number of anilines is 1. The van der Waals surface area contributed by atoms with Gasteiger partial charge in [0.2, 0.25) is 10.0 Å². The van der Waals surface area contributed by atoms with Gasteiger partial charge < -0.3 is 10.4 Å². The summed E-state index contributed by atoms with van der Waals surface area (Å²) in [5, 5.41) is 14.8. The summed E-state index contributed by atoms with van der Waals surface area (Å²) in [5.41, 5.74) is 0.517. The van der Waals surface area contributed by atoms with E-state index in [0.717, 1.165) is 23.6 Å². The van der Waals surface area contributed by atoms with Crippen molar-refractivity contribution >= 4 is 32.4 Å². The summed E-state index contributed by atoms with van der Waals surface area (Å²) in [7, 11) is -3.68. The summed E-state index contributed by atoms with van der Waals surface area (Å²) >= 11 is 0. The van der Waals surface area contributed by atoms with Crippen LogP contribution in [0.25, 0.3) is 10.8 Å². The third-order valence-corrected chi connectivity index (χ3v) is 6.85. The highest BCUT2D eigenvalue weighted by atomic mass is 32.2. The van der Waals surface area contributed by atoms with E-state index < -0.39 is 15.9 Å². The van der Waals surface area contributed by atoms with Crippen LogP contribution in [0.5, 0.6) is 5.75 Å². The number of aromatic hydroxyl groups is 1. The molecule has 3 aromatic rings. The molecule has 6 nitrogen and oxygen atoms in total. The molecule has 1 aliphatic rings. The molecule has 0 aliphatic carbocycles. The fourth-order valence-electron chi connectivity index (χ4n) is 3.46. The van der Waals surface area contributed by atoms with Crippen LogP contribution in [0.3, 0.4) is 0 Å². The first-order valence-corrected chi connectivity index (χ1v) is 10.5. The molecule has 0 radical (unpaired) electrons. The van der Waals surface area contributed by atoms with E-state index in [1.54, 1.807) is 6.07 Å². The Morgan fingerprint density at radius 3 is 2.46 bits per heavy atom. The summed E-state index contributed by atoms with van der Waals surface area (Å²) in [6.07, 6.45) is 1.65. The van der Waals surface area contributed by atoms with Crippen LogP contribution >= 0.6 is 0 Å². The van der Waals surface area contributed by atoms with Gasteiger partial charge >= 0.3 is 0 Å². The van der Waals surface area contributed by atoms with Crippen molar-refractivity contribution in [2.45, 2.75) is 17.7 Å². The number of benzene rings is 3. The van der Waals surface area contributed by atoms with Gasteiger partial charge in [-0.05, 0) is 42.5 Å². The molecule has 1 fully saturated rings. The lowest BCUT2D eigenvalue weighted by molar-refractivity contribution is 0.102. The zero-order chi connectivity index (χ0) is 19.7. The van der Waals surface area contributed by atoms with Crippen molar-refractivity contribution in [2.75, 3.05) is 18.4 Å². The number of nitrogens with zero attached hydrogens (tertiary/aromatic N) is 1. The quantitative estimate of drug-likeness (QED) is 0.706. The summed E-state index contributed by atoms with van der Waals surface area (Å²) in [6, 6.07) is 17.0. The highest BCUT2D eigenvalue weighted by Crippen LogP contribution is 2.28. The molecule has 4 rings (SSSR count). The predicted octanol–water partition coefficient (Wildman–Crippen LogP) is 3.58. The number of carbonyl (C=O) groups excluding carboxylic acids is 1. The second kappa shape index (κ2) is 7.26. The molecule has 0 atom stereocenters. The van der Waals surface area contributed by atoms with E-state index in [1.165, 1.54) is 22.5 Å². The molecule has 3 aromatic carbocycles. The van der Waals surface area contributed by atoms with Crippen molar-refractivity contribution in [3.63, 3.8) is 0 Å². The Morgan fingerprint density at radius 2 is 1.68 bits per heavy atom. The van der Waals surface area contributed by atoms with E-state index in [4.69, 9.17) is 0 Å². The number of amides is 1. The lowest BCUT2D eigenvalue weighted by Crippen LogP contribution is -2.28. The number of nitrogens with one attached hydrogen (secondary N) is 1. The van der Waals surface area contributed by atoms with E-state index in [0.29, 0.717) is 18.8 Å². The van der Waals surface area contributed by atoms with Gasteiger partial charge in [0.05, 0.1) is 10.5 Å². The zero-order valence-corrected chi connectivity index (χ0v) is 15.9. The van der Waals surface area contributed by atoms with Crippen LogP contribution in [0, 0.1) is 0 Å². The molecule has 1 heterocycles. The second-order valence-electron chi connectivity index (χ2n) is 6.77. The lowest BCUT2D eigenvalue weighted by atomic mass is 10.1. The number of fused-ring (bicyclic) bond motifs is 1. The van der Waals surface area contributed by atoms with Gasteiger partial charge in [-0.1, -0.05) is 36.4 Å². The molecule has 2 N–H and O–H groups in total. The van der Waals surface area contributed by atoms with E-state index in [-0.39, 0.29) is 16.2 Å². The average Bonchev–Trinajstić information content (AvgIpc) is 3.24. The minimum atomic E-state index is -3.68. The first kappa shape index (κ1) is 18.5. The number of phenolic OH excluding ortho intramolecular Hbond substituents is 1. The Balaban J connectivity index is 1.68. The number of sulfonamides is 1. The molecule has 28 heavy (non-hydrogen) atoms. The third kappa shape index (κ3) is 3.34. The minimum absolute atomic E-state index is 0.00951. The van der Waals surface area contributed by atoms with Crippen LogP contribution in [0.4, 0.5) is 5.69 Å². The number of rotatable bonds is 4. The third-order valence-electron chi connectivity index (χ3n) is 4.95. The van der Waals surface area contributed by atoms with Crippen LogP contribution in [-0.2, 0) is 10.0 Å². The van der Waals surface area contributed by atoms with Crippen molar-refractivity contribution in [1.82, 2.24) is 4.31 Å². The van der Waals surface area contributed by atoms with E-state index in [1.807, 2.05) is 36.4 Å². The maximum absolute atomic E-state index is 12.8. The molecule has 1 saturated heterocycles. The molecular formula is C21H20N2O4S. The number of hydrogen-bond donors (Lipinski definition) is 2. The smallest absolute Gasteiger partial charge is 0.259 e. The molecule has 7 heteroatoms. The number of carbonyl (C=O) groups is 1. The molecule has 1 amide bonds. The highest BCUT2D eigenvalue weighted by molar-refractivity contribution is 7.89. The van der Waals surface area contributed by atoms with Gasteiger partial charge in [0.15, 0.2) is 0 Å². The Hall–Kier alpha value is -2.90. The molecular weight excluding hydrogens is 376 g/mol. The van der Waals surface area contributed by atoms with Crippen molar-refractivity contribution < 1.29 is 18.3 Å². The molecule has 0 saturated carbocycles. The molecule has 0 spiro atoms. The fraction of sp³-hybridized carbons (Fsp3) is 0.190. The number of phenols is 1. The standard InChI is InChI=1S/C21H20N2O4S/c24-20-11-10-16(28(26,27)23-12-3-4-13-23)14-18(20)21(25)22-19-9-5-7-15-6-1-2-8-17(15)19/h1-2,5-11,14,24H,3-4,12-13H2,(H,22,25). The molecule has 0 unspecified atom stereocenters. The van der Waals surface area contributed by atoms with Crippen molar-refractivity contribution in [3.05, 3.63) is 66.2 Å². The van der Waals surface area contributed by atoms with Crippen LogP contribution < -0.4 is 5.32 Å². The van der Waals surface area contributed by atoms with Gasteiger partial charge in [-0.2, -0.15) is 4.31 Å². The van der Waals surface area contributed by atoms with Crippen LogP contribution in [-0.4, -0.2) is 36.8 Å². The highest BCUT2D eigenvalue weighted by Gasteiger charge is 2.28. The van der Waals surface area contributed by atoms with Crippen molar-refractivity contribution in [2.24, 2.45) is 0 Å². The summed E-state index contributed by atoms with van der Waals surface area (Å²) < 4.78 is 26.9. The molecule has 1 aliphatic heterocycles. The van der Waals surface area contributed by atoms with E-state index in [2.05, 4.69) is 5.32 Å². The second-order valence-corrected chi connectivity index (χ2v) is 8.71. The van der Waals surface area contributed by atoms with E-state index >= 15 is 0 Å². The lowest BCUT2D eigenvalue weighted by Gasteiger charge is -2.16. The van der Waals surface area contributed by atoms with Crippen molar-refractivity contribution in [1.29, 1.82) is 0 Å². The minimum Gasteiger partial charge on any atom is -0.507 e. The predicted molar refractivity (Wildman–Crippen MR) is 108 cm³/mol. The SMILES string of the molecule is O=C(Nc1cccc2ccccc12)c1cc(S(=O)(=O)N2CCCC2)ccc1O. The molecule has 0 aromatic heterocycles. The summed E-state index contributed by atoms with van der Waals surface area (Å²) in [4.78, 5) is 12.8. The van der Waals surface area contributed by atoms with Gasteiger partial charge in [0.1, 0.15) is 5.75 Å². The summed E-state index contributed by atoms with van der Waals surface area (Å²) in [5.74, 6) is -0.828. The van der Waals surface area contributed by atoms with E-state index in [9.17, 15) is 18.3 Å². The maximum atomic E-state index is 12.8. The fourth-order valence-corrected chi connectivity index (χ4v) is 5.00. The normalized spacial score (nSPS) is 15.0. The summed E-state index contributed by atoms with van der Waals surface area (Å²) in [6.45, 7) is 0.946. The van der Waals surface area contributed by atoms with Gasteiger partial charge in [0.25, 0.3) is 5.91 Å². The van der Waals surface area contributed by atoms with Gasteiger partial charge in [-0.3, -0.25) is 4.79 Å². The Kier molecular flexibility index (Phi) is 4.78. The van der Waals surface area contributed by atoms with Gasteiger partial charge in [-0.25, -0.2) is 8.42 Å². The Labute approximate surface area is 163 Å². The van der Waals surface area contributed by atoms with Crippen LogP contribution in [0.2, 0.25) is 0 Å². The first-order valence-electron chi connectivity index (χ1n) is 9.09. The van der Waals surface area contributed by atoms with Gasteiger partial charge in [0, 0.05) is 24.2 Å². The van der Waals surface area contributed by atoms with Crippen molar-refractivity contribution in [3.8, 4) is 5.75 Å². The Bertz CT molecular complexity index is 1150.